The number of piperidine rings is 1. The van der Waals surface area contributed by atoms with Crippen LogP contribution in [0.25, 0.3) is 0 Å². The quantitative estimate of drug-likeness (QED) is 0.719. The van der Waals surface area contributed by atoms with E-state index in [1.807, 2.05) is 0 Å². The molecule has 2 N–H and O–H groups in total. The van der Waals surface area contributed by atoms with Crippen molar-refractivity contribution in [2.45, 2.75) is 38.8 Å². The highest BCUT2D eigenvalue weighted by atomic mass is 16.3. The Balaban J connectivity index is 1.87. The van der Waals surface area contributed by atoms with Crippen LogP contribution in [0, 0.1) is 11.8 Å². The topological polar surface area (TPSA) is 35.5 Å². The maximum absolute atomic E-state index is 9.32. The minimum absolute atomic E-state index is 0.268. The number of hydrogen-bond acceptors (Lipinski definition) is 3. The Morgan fingerprint density at radius 1 is 1.33 bits per heavy atom. The van der Waals surface area contributed by atoms with Crippen molar-refractivity contribution in [3.05, 3.63) is 0 Å². The van der Waals surface area contributed by atoms with Gasteiger partial charge in [-0.25, -0.2) is 0 Å². The lowest BCUT2D eigenvalue weighted by atomic mass is 9.92. The van der Waals surface area contributed by atoms with Crippen molar-refractivity contribution in [3.8, 4) is 0 Å². The van der Waals surface area contributed by atoms with E-state index in [-0.39, 0.29) is 12.6 Å². The molecule has 3 nitrogen and oxygen atoms in total. The van der Waals surface area contributed by atoms with Crippen molar-refractivity contribution in [1.29, 1.82) is 0 Å². The normalized spacial score (nSPS) is 37.2. The average molecular weight is 212 g/mol. The minimum Gasteiger partial charge on any atom is -0.395 e. The lowest BCUT2D eigenvalue weighted by molar-refractivity contribution is 0.158. The van der Waals surface area contributed by atoms with Crippen LogP contribution in [0.2, 0.25) is 0 Å². The Morgan fingerprint density at radius 2 is 2.07 bits per heavy atom. The zero-order valence-electron chi connectivity index (χ0n) is 9.95. The van der Waals surface area contributed by atoms with Gasteiger partial charge in [-0.05, 0) is 37.8 Å². The molecule has 2 heterocycles. The Morgan fingerprint density at radius 3 is 2.73 bits per heavy atom. The maximum Gasteiger partial charge on any atom is 0.0587 e. The Bertz CT molecular complexity index is 208. The van der Waals surface area contributed by atoms with E-state index in [1.165, 1.54) is 32.5 Å². The number of aliphatic hydroxyl groups is 1. The highest BCUT2D eigenvalue weighted by Crippen LogP contribution is 2.27. The summed E-state index contributed by atoms with van der Waals surface area (Å²) in [6, 6.07) is 0.922. The number of rotatable bonds is 4. The van der Waals surface area contributed by atoms with Crippen molar-refractivity contribution >= 4 is 0 Å². The van der Waals surface area contributed by atoms with Crippen LogP contribution >= 0.6 is 0 Å². The number of hydrogen-bond donors (Lipinski definition) is 2. The number of nitrogens with zero attached hydrogens (tertiary/aromatic N) is 1. The predicted octanol–water partition coefficient (Wildman–Crippen LogP) is 0.687. The van der Waals surface area contributed by atoms with Crippen LogP contribution in [0.3, 0.4) is 0 Å². The van der Waals surface area contributed by atoms with Crippen molar-refractivity contribution in [2.24, 2.45) is 11.8 Å². The summed E-state index contributed by atoms with van der Waals surface area (Å²) in [7, 11) is 0. The van der Waals surface area contributed by atoms with Crippen LogP contribution < -0.4 is 5.32 Å². The van der Waals surface area contributed by atoms with Crippen LogP contribution in [-0.2, 0) is 0 Å². The summed E-state index contributed by atoms with van der Waals surface area (Å²) in [6.45, 7) is 8.42. The average Bonchev–Trinajstić information content (AvgIpc) is 2.60. The molecule has 88 valence electrons. The molecule has 0 aromatic heterocycles. The molecule has 2 rings (SSSR count). The van der Waals surface area contributed by atoms with E-state index in [9.17, 15) is 5.11 Å². The molecule has 4 atom stereocenters. The van der Waals surface area contributed by atoms with Crippen molar-refractivity contribution in [3.63, 3.8) is 0 Å². The van der Waals surface area contributed by atoms with Gasteiger partial charge in [-0.15, -0.1) is 0 Å². The molecule has 0 spiro atoms. The number of nitrogens with one attached hydrogen (secondary N) is 1. The van der Waals surface area contributed by atoms with Gasteiger partial charge in [-0.1, -0.05) is 13.8 Å². The highest BCUT2D eigenvalue weighted by Gasteiger charge is 2.35. The van der Waals surface area contributed by atoms with E-state index >= 15 is 0 Å². The summed E-state index contributed by atoms with van der Waals surface area (Å²) in [4.78, 5) is 2.56. The van der Waals surface area contributed by atoms with Gasteiger partial charge in [-0.2, -0.15) is 0 Å². The zero-order chi connectivity index (χ0) is 10.8. The van der Waals surface area contributed by atoms with Crippen LogP contribution in [0.4, 0.5) is 0 Å². The molecular weight excluding hydrogens is 188 g/mol. The Hall–Kier alpha value is -0.120. The van der Waals surface area contributed by atoms with Crippen LogP contribution in [0.5, 0.6) is 0 Å². The molecule has 2 saturated heterocycles. The molecule has 0 amide bonds. The Labute approximate surface area is 92.8 Å². The molecule has 0 aromatic rings. The van der Waals surface area contributed by atoms with Gasteiger partial charge in [0.25, 0.3) is 0 Å². The summed E-state index contributed by atoms with van der Waals surface area (Å²) in [6.07, 6.45) is 2.60. The first kappa shape index (κ1) is 11.4. The van der Waals surface area contributed by atoms with Crippen molar-refractivity contribution < 1.29 is 5.11 Å². The SMILES string of the molecule is CC(C)[C@@H](CO)NC1CCN2CCC1C2. The fourth-order valence-electron chi connectivity index (χ4n) is 2.90. The summed E-state index contributed by atoms with van der Waals surface area (Å²) in [5.41, 5.74) is 0. The summed E-state index contributed by atoms with van der Waals surface area (Å²) < 4.78 is 0. The molecule has 2 aliphatic heterocycles. The predicted molar refractivity (Wildman–Crippen MR) is 61.8 cm³/mol. The minimum atomic E-state index is 0.268. The molecule has 0 radical (unpaired) electrons. The first-order chi connectivity index (χ1) is 7.20. The second kappa shape index (κ2) is 4.81. The Kier molecular flexibility index (Phi) is 3.65. The lowest BCUT2D eigenvalue weighted by Crippen LogP contribution is -2.50. The molecule has 2 bridgehead atoms. The van der Waals surface area contributed by atoms with Crippen molar-refractivity contribution in [1.82, 2.24) is 10.2 Å². The molecular formula is C12H24N2O. The standard InChI is InChI=1S/C12H24N2O/c1-9(2)12(8-15)13-11-4-6-14-5-3-10(11)7-14/h9-13,15H,3-8H2,1-2H3/t10?,11?,12-/m1/s1. The van der Waals surface area contributed by atoms with Crippen molar-refractivity contribution in [2.75, 3.05) is 26.2 Å². The van der Waals surface area contributed by atoms with Crippen LogP contribution in [0.1, 0.15) is 26.7 Å². The third-order valence-electron chi connectivity index (χ3n) is 4.06. The molecule has 15 heavy (non-hydrogen) atoms. The molecule has 0 aromatic carbocycles. The van der Waals surface area contributed by atoms with E-state index in [4.69, 9.17) is 0 Å². The molecule has 2 fully saturated rings. The highest BCUT2D eigenvalue weighted by molar-refractivity contribution is 4.92. The monoisotopic (exact) mass is 212 g/mol. The van der Waals surface area contributed by atoms with Gasteiger partial charge in [-0.3, -0.25) is 0 Å². The second-order valence-corrected chi connectivity index (χ2v) is 5.44. The third-order valence-corrected chi connectivity index (χ3v) is 4.06. The third kappa shape index (κ3) is 2.52. The van der Waals surface area contributed by atoms with Gasteiger partial charge < -0.3 is 15.3 Å². The molecule has 2 aliphatic rings. The summed E-state index contributed by atoms with van der Waals surface area (Å²) in [5, 5.41) is 13.0. The largest absolute Gasteiger partial charge is 0.395 e. The fraction of sp³-hybridized carbons (Fsp3) is 1.00. The van der Waals surface area contributed by atoms with Gasteiger partial charge in [0.1, 0.15) is 0 Å². The second-order valence-electron chi connectivity index (χ2n) is 5.44. The molecule has 3 unspecified atom stereocenters. The van der Waals surface area contributed by atoms with E-state index in [0.717, 1.165) is 5.92 Å². The number of aliphatic hydroxyl groups excluding tert-OH is 1. The zero-order valence-corrected chi connectivity index (χ0v) is 9.95. The maximum atomic E-state index is 9.32. The first-order valence-electron chi connectivity index (χ1n) is 6.30. The van der Waals surface area contributed by atoms with Gasteiger partial charge in [0.15, 0.2) is 0 Å². The van der Waals surface area contributed by atoms with E-state index in [2.05, 4.69) is 24.1 Å². The van der Waals surface area contributed by atoms with E-state index < -0.39 is 0 Å². The number of fused-ring (bicyclic) bond motifs is 2. The van der Waals surface area contributed by atoms with Gasteiger partial charge in [0.05, 0.1) is 6.61 Å². The van der Waals surface area contributed by atoms with Crippen LogP contribution in [0.15, 0.2) is 0 Å². The van der Waals surface area contributed by atoms with E-state index in [1.54, 1.807) is 0 Å². The smallest absolute Gasteiger partial charge is 0.0587 e. The molecule has 0 aliphatic carbocycles. The summed E-state index contributed by atoms with van der Waals surface area (Å²) in [5.74, 6) is 1.35. The summed E-state index contributed by atoms with van der Waals surface area (Å²) >= 11 is 0. The molecule has 0 saturated carbocycles. The van der Waals surface area contributed by atoms with E-state index in [0.29, 0.717) is 12.0 Å². The first-order valence-corrected chi connectivity index (χ1v) is 6.30. The van der Waals surface area contributed by atoms with Gasteiger partial charge in [0.2, 0.25) is 0 Å². The lowest BCUT2D eigenvalue weighted by Gasteiger charge is -2.34. The molecule has 3 heteroatoms. The fourth-order valence-corrected chi connectivity index (χ4v) is 2.90. The van der Waals surface area contributed by atoms with Crippen LogP contribution in [-0.4, -0.2) is 48.3 Å². The van der Waals surface area contributed by atoms with Gasteiger partial charge in [0, 0.05) is 18.6 Å². The van der Waals surface area contributed by atoms with Gasteiger partial charge >= 0.3 is 0 Å².